The van der Waals surface area contributed by atoms with Crippen LogP contribution in [-0.4, -0.2) is 41.4 Å². The van der Waals surface area contributed by atoms with E-state index in [1.165, 1.54) is 0 Å². The molecule has 0 atom stereocenters. The van der Waals surface area contributed by atoms with Crippen LogP contribution in [0.25, 0.3) is 5.69 Å². The van der Waals surface area contributed by atoms with Crippen molar-refractivity contribution in [3.8, 4) is 5.69 Å². The molecular weight excluding hydrogens is 276 g/mol. The molecule has 1 aromatic carbocycles. The molecule has 0 radical (unpaired) electrons. The summed E-state index contributed by atoms with van der Waals surface area (Å²) in [7, 11) is 3.77. The number of hydrogen-bond donors (Lipinski definition) is 0. The van der Waals surface area contributed by atoms with E-state index in [4.69, 9.17) is 0 Å². The highest BCUT2D eigenvalue weighted by molar-refractivity contribution is 5.85. The molecule has 0 spiro atoms. The van der Waals surface area contributed by atoms with Crippen LogP contribution in [0.3, 0.4) is 0 Å². The molecule has 0 saturated heterocycles. The molecule has 0 bridgehead atoms. The number of aldehydes is 1. The topological polar surface area (TPSA) is 50.5 Å². The van der Waals surface area contributed by atoms with Crippen molar-refractivity contribution >= 4 is 18.4 Å². The van der Waals surface area contributed by atoms with Gasteiger partial charge in [0, 0.05) is 19.5 Å². The lowest BCUT2D eigenvalue weighted by molar-refractivity contribution is 0.112. The molecule has 0 aliphatic carbocycles. The number of rotatable bonds is 4. The molecule has 2 rings (SSSR count). The summed E-state index contributed by atoms with van der Waals surface area (Å²) < 4.78 is 1.73. The molecule has 0 aliphatic heterocycles. The lowest BCUT2D eigenvalue weighted by atomic mass is 9.90. The van der Waals surface area contributed by atoms with E-state index < -0.39 is 0 Å². The van der Waals surface area contributed by atoms with Gasteiger partial charge in [-0.05, 0) is 12.1 Å². The molecular formula is C17H22N4O. The van der Waals surface area contributed by atoms with E-state index in [0.717, 1.165) is 17.7 Å². The van der Waals surface area contributed by atoms with Gasteiger partial charge in [-0.2, -0.15) is 5.10 Å². The number of aromatic nitrogens is 2. The summed E-state index contributed by atoms with van der Waals surface area (Å²) in [6.07, 6.45) is 2.52. The first-order chi connectivity index (χ1) is 10.3. The van der Waals surface area contributed by atoms with Crippen molar-refractivity contribution < 1.29 is 4.79 Å². The van der Waals surface area contributed by atoms with Crippen molar-refractivity contribution in [2.45, 2.75) is 26.2 Å². The number of carbonyl (C=O) groups excluding carboxylic acids is 1. The summed E-state index contributed by atoms with van der Waals surface area (Å²) in [4.78, 5) is 17.9. The van der Waals surface area contributed by atoms with Gasteiger partial charge >= 0.3 is 0 Å². The lowest BCUT2D eigenvalue weighted by Crippen LogP contribution is -2.14. The molecule has 2 aromatic rings. The molecule has 5 heteroatoms. The smallest absolute Gasteiger partial charge is 0.168 e. The first kappa shape index (κ1) is 15.9. The average Bonchev–Trinajstić information content (AvgIpc) is 2.84. The van der Waals surface area contributed by atoms with E-state index in [9.17, 15) is 4.79 Å². The van der Waals surface area contributed by atoms with E-state index in [-0.39, 0.29) is 5.41 Å². The summed E-state index contributed by atoms with van der Waals surface area (Å²) in [5.74, 6) is 0.555. The van der Waals surface area contributed by atoms with Crippen LogP contribution in [0.2, 0.25) is 0 Å². The largest absolute Gasteiger partial charge is 0.369 e. The quantitative estimate of drug-likeness (QED) is 0.495. The average molecular weight is 298 g/mol. The Morgan fingerprint density at radius 1 is 1.18 bits per heavy atom. The van der Waals surface area contributed by atoms with Crippen molar-refractivity contribution in [1.29, 1.82) is 0 Å². The van der Waals surface area contributed by atoms with Gasteiger partial charge in [-0.25, -0.2) is 9.67 Å². The first-order valence-corrected chi connectivity index (χ1v) is 7.19. The first-order valence-electron chi connectivity index (χ1n) is 7.19. The van der Waals surface area contributed by atoms with Crippen LogP contribution in [0.15, 0.2) is 35.3 Å². The molecule has 0 fully saturated rings. The molecule has 5 nitrogen and oxygen atoms in total. The van der Waals surface area contributed by atoms with Crippen LogP contribution in [0.4, 0.5) is 5.82 Å². The minimum absolute atomic E-state index is 0.237. The number of aliphatic imine (C=N–C) groups is 1. The second-order valence-electron chi connectivity index (χ2n) is 6.41. The number of para-hydroxylation sites is 1. The molecule has 116 valence electrons. The maximum absolute atomic E-state index is 11.6. The Morgan fingerprint density at radius 2 is 1.82 bits per heavy atom. The second-order valence-corrected chi connectivity index (χ2v) is 6.41. The number of hydrogen-bond acceptors (Lipinski definition) is 3. The third-order valence-electron chi connectivity index (χ3n) is 3.14. The van der Waals surface area contributed by atoms with Gasteiger partial charge in [0.15, 0.2) is 12.1 Å². The number of carbonyl (C=O) groups is 1. The Hall–Kier alpha value is -2.43. The van der Waals surface area contributed by atoms with E-state index in [0.29, 0.717) is 11.4 Å². The standard InChI is InChI=1S/C17H22N4O/c1-17(2,3)15-14(11-22)16(18-12-20(4)5)21(19-15)13-9-7-6-8-10-13/h6-12H,1-5H3/b18-12+. The third kappa shape index (κ3) is 3.24. The molecule has 1 aromatic heterocycles. The van der Waals surface area contributed by atoms with E-state index in [2.05, 4.69) is 10.1 Å². The minimum atomic E-state index is -0.237. The van der Waals surface area contributed by atoms with Crippen molar-refractivity contribution in [1.82, 2.24) is 14.7 Å². The molecule has 1 heterocycles. The van der Waals surface area contributed by atoms with Gasteiger partial charge in [-0.15, -0.1) is 0 Å². The van der Waals surface area contributed by atoms with Gasteiger partial charge in [-0.3, -0.25) is 4.79 Å². The van der Waals surface area contributed by atoms with Crippen LogP contribution in [0.5, 0.6) is 0 Å². The Balaban J connectivity index is 2.71. The highest BCUT2D eigenvalue weighted by atomic mass is 16.1. The summed E-state index contributed by atoms with van der Waals surface area (Å²) in [5, 5.41) is 4.65. The molecule has 0 N–H and O–H groups in total. The fourth-order valence-corrected chi connectivity index (χ4v) is 2.13. The minimum Gasteiger partial charge on any atom is -0.369 e. The van der Waals surface area contributed by atoms with E-state index in [1.54, 1.807) is 11.0 Å². The lowest BCUT2D eigenvalue weighted by Gasteiger charge is -2.15. The SMILES string of the molecule is CN(C)/C=N/c1c(C=O)c(C(C)(C)C)nn1-c1ccccc1. The zero-order valence-electron chi connectivity index (χ0n) is 13.7. The van der Waals surface area contributed by atoms with Gasteiger partial charge in [0.05, 0.1) is 23.3 Å². The Bertz CT molecular complexity index is 679. The van der Waals surface area contributed by atoms with Gasteiger partial charge in [-0.1, -0.05) is 39.0 Å². The molecule has 0 aliphatic rings. The van der Waals surface area contributed by atoms with E-state index in [1.807, 2.05) is 70.1 Å². The molecule has 0 amide bonds. The molecule has 0 unspecified atom stereocenters. The van der Waals surface area contributed by atoms with Crippen molar-refractivity contribution in [2.24, 2.45) is 4.99 Å². The monoisotopic (exact) mass is 298 g/mol. The van der Waals surface area contributed by atoms with Crippen LogP contribution >= 0.6 is 0 Å². The van der Waals surface area contributed by atoms with Crippen LogP contribution in [0, 0.1) is 0 Å². The van der Waals surface area contributed by atoms with Gasteiger partial charge < -0.3 is 4.90 Å². The third-order valence-corrected chi connectivity index (χ3v) is 3.14. The zero-order chi connectivity index (χ0) is 16.3. The molecule has 22 heavy (non-hydrogen) atoms. The Kier molecular flexibility index (Phi) is 4.45. The maximum Gasteiger partial charge on any atom is 0.168 e. The summed E-state index contributed by atoms with van der Waals surface area (Å²) >= 11 is 0. The van der Waals surface area contributed by atoms with Crippen LogP contribution in [-0.2, 0) is 5.41 Å². The Morgan fingerprint density at radius 3 is 2.32 bits per heavy atom. The predicted octanol–water partition coefficient (Wildman–Crippen LogP) is 3.20. The van der Waals surface area contributed by atoms with Gasteiger partial charge in [0.2, 0.25) is 0 Å². The maximum atomic E-state index is 11.6. The zero-order valence-corrected chi connectivity index (χ0v) is 13.7. The van der Waals surface area contributed by atoms with Crippen molar-refractivity contribution in [3.05, 3.63) is 41.6 Å². The fourth-order valence-electron chi connectivity index (χ4n) is 2.13. The highest BCUT2D eigenvalue weighted by Gasteiger charge is 2.26. The Labute approximate surface area is 131 Å². The van der Waals surface area contributed by atoms with Crippen molar-refractivity contribution in [2.75, 3.05) is 14.1 Å². The number of benzene rings is 1. The normalized spacial score (nSPS) is 11.9. The summed E-state index contributed by atoms with van der Waals surface area (Å²) in [6.45, 7) is 6.12. The number of nitrogens with zero attached hydrogens (tertiary/aromatic N) is 4. The van der Waals surface area contributed by atoms with Crippen LogP contribution < -0.4 is 0 Å². The van der Waals surface area contributed by atoms with Gasteiger partial charge in [0.1, 0.15) is 0 Å². The van der Waals surface area contributed by atoms with Crippen molar-refractivity contribution in [3.63, 3.8) is 0 Å². The molecule has 0 saturated carbocycles. The van der Waals surface area contributed by atoms with Crippen LogP contribution in [0.1, 0.15) is 36.8 Å². The summed E-state index contributed by atoms with van der Waals surface area (Å²) in [5.41, 5.74) is 1.93. The van der Waals surface area contributed by atoms with E-state index >= 15 is 0 Å². The second kappa shape index (κ2) is 6.13. The summed E-state index contributed by atoms with van der Waals surface area (Å²) in [6, 6.07) is 9.72. The predicted molar refractivity (Wildman–Crippen MR) is 89.5 cm³/mol. The highest BCUT2D eigenvalue weighted by Crippen LogP contribution is 2.32. The van der Waals surface area contributed by atoms with Gasteiger partial charge in [0.25, 0.3) is 0 Å². The fraction of sp³-hybridized carbons (Fsp3) is 0.353.